The van der Waals surface area contributed by atoms with Gasteiger partial charge in [0.05, 0.1) is 5.92 Å². The van der Waals surface area contributed by atoms with E-state index in [4.69, 9.17) is 0 Å². The number of benzene rings is 2. The maximum absolute atomic E-state index is 13.3. The second kappa shape index (κ2) is 10.8. The minimum absolute atomic E-state index is 0.0595. The monoisotopic (exact) mass is 438 g/mol. The molecule has 0 fully saturated rings. The van der Waals surface area contributed by atoms with Gasteiger partial charge in [0.15, 0.2) is 0 Å². The molecule has 0 bridgehead atoms. The smallest absolute Gasteiger partial charge is 0.326 e. The van der Waals surface area contributed by atoms with Crippen LogP contribution in [-0.4, -0.2) is 57.1 Å². The Bertz CT molecular complexity index is 946. The van der Waals surface area contributed by atoms with Gasteiger partial charge in [-0.1, -0.05) is 54.6 Å². The zero-order valence-electron chi connectivity index (χ0n) is 18.3. The lowest BCUT2D eigenvalue weighted by molar-refractivity contribution is -0.144. The third kappa shape index (κ3) is 5.66. The number of carbonyl (C=O) groups excluding carboxylic acids is 1. The van der Waals surface area contributed by atoms with E-state index in [1.807, 2.05) is 54.6 Å². The van der Waals surface area contributed by atoms with Crippen LogP contribution in [-0.2, 0) is 29.0 Å². The first-order chi connectivity index (χ1) is 15.4. The molecule has 1 heterocycles. The zero-order chi connectivity index (χ0) is 23.1. The SMILES string of the molecule is CCN(C[C@H](CCCc1ccccc1)C(=O)O)C(=O)N1Cc2ccccc2C[C@H]1C(=O)O. The average Bonchev–Trinajstić information content (AvgIpc) is 2.80. The third-order valence-corrected chi connectivity index (χ3v) is 6.08. The van der Waals surface area contributed by atoms with Crippen molar-refractivity contribution in [2.45, 2.75) is 45.2 Å². The van der Waals surface area contributed by atoms with Crippen LogP contribution < -0.4 is 0 Å². The Morgan fingerprint density at radius 3 is 2.31 bits per heavy atom. The first-order valence-electron chi connectivity index (χ1n) is 11.0. The largest absolute Gasteiger partial charge is 0.481 e. The lowest BCUT2D eigenvalue weighted by Crippen LogP contribution is -2.54. The highest BCUT2D eigenvalue weighted by molar-refractivity contribution is 5.84. The first-order valence-corrected chi connectivity index (χ1v) is 11.0. The minimum atomic E-state index is -1.05. The molecule has 7 nitrogen and oxygen atoms in total. The Morgan fingerprint density at radius 1 is 1.03 bits per heavy atom. The summed E-state index contributed by atoms with van der Waals surface area (Å²) in [5.41, 5.74) is 3.00. The van der Waals surface area contributed by atoms with Crippen molar-refractivity contribution in [3.05, 3.63) is 71.3 Å². The minimum Gasteiger partial charge on any atom is -0.481 e. The van der Waals surface area contributed by atoms with Gasteiger partial charge in [-0.25, -0.2) is 9.59 Å². The van der Waals surface area contributed by atoms with Crippen LogP contribution in [0.1, 0.15) is 36.5 Å². The van der Waals surface area contributed by atoms with Crippen molar-refractivity contribution in [2.24, 2.45) is 5.92 Å². The molecule has 0 saturated heterocycles. The van der Waals surface area contributed by atoms with Crippen LogP contribution in [0.25, 0.3) is 0 Å². The molecule has 32 heavy (non-hydrogen) atoms. The molecule has 2 aromatic carbocycles. The van der Waals surface area contributed by atoms with Crippen LogP contribution in [0.2, 0.25) is 0 Å². The number of nitrogens with zero attached hydrogens (tertiary/aromatic N) is 2. The van der Waals surface area contributed by atoms with Gasteiger partial charge in [0.25, 0.3) is 0 Å². The molecule has 1 aliphatic rings. The van der Waals surface area contributed by atoms with E-state index in [1.54, 1.807) is 6.92 Å². The number of aryl methyl sites for hydroxylation is 1. The van der Waals surface area contributed by atoms with Crippen molar-refractivity contribution >= 4 is 18.0 Å². The van der Waals surface area contributed by atoms with Crippen LogP contribution in [0.15, 0.2) is 54.6 Å². The number of hydrogen-bond donors (Lipinski definition) is 2. The van der Waals surface area contributed by atoms with Crippen LogP contribution in [0, 0.1) is 5.92 Å². The molecular weight excluding hydrogens is 408 g/mol. The standard InChI is InChI=1S/C25H30N2O5/c1-2-26(16-21(23(28)29)14-8-11-18-9-4-3-5-10-18)25(32)27-17-20-13-7-6-12-19(20)15-22(27)24(30)31/h3-7,9-10,12-13,21-22H,2,8,11,14-17H2,1H3,(H,28,29)(H,30,31)/t21-,22-/m0/s1. The molecule has 0 radical (unpaired) electrons. The van der Waals surface area contributed by atoms with Crippen molar-refractivity contribution in [1.29, 1.82) is 0 Å². The Balaban J connectivity index is 1.68. The molecule has 2 aromatic rings. The van der Waals surface area contributed by atoms with Crippen molar-refractivity contribution in [1.82, 2.24) is 9.80 Å². The number of carbonyl (C=O) groups is 3. The Labute approximate surface area is 188 Å². The van der Waals surface area contributed by atoms with Gasteiger partial charge in [-0.05, 0) is 42.9 Å². The van der Waals surface area contributed by atoms with Gasteiger partial charge in [0.1, 0.15) is 6.04 Å². The van der Waals surface area contributed by atoms with Crippen molar-refractivity contribution in [3.8, 4) is 0 Å². The van der Waals surface area contributed by atoms with E-state index in [1.165, 1.54) is 9.80 Å². The number of rotatable bonds is 9. The average molecular weight is 439 g/mol. The molecule has 0 saturated carbocycles. The summed E-state index contributed by atoms with van der Waals surface area (Å²) in [6, 6.07) is 16.0. The maximum Gasteiger partial charge on any atom is 0.326 e. The van der Waals surface area contributed by atoms with E-state index >= 15 is 0 Å². The number of urea groups is 1. The molecule has 1 aliphatic heterocycles. The molecule has 0 aromatic heterocycles. The number of carboxylic acids is 2. The number of carboxylic acid groups (broad SMARTS) is 2. The summed E-state index contributed by atoms with van der Waals surface area (Å²) in [5.74, 6) is -2.70. The molecule has 2 atom stereocenters. The van der Waals surface area contributed by atoms with Crippen molar-refractivity contribution in [3.63, 3.8) is 0 Å². The Kier molecular flexibility index (Phi) is 7.87. The topological polar surface area (TPSA) is 98.2 Å². The lowest BCUT2D eigenvalue weighted by atomic mass is 9.94. The fraction of sp³-hybridized carbons (Fsp3) is 0.400. The molecule has 7 heteroatoms. The molecule has 0 unspecified atom stereocenters. The van der Waals surface area contributed by atoms with Gasteiger partial charge >= 0.3 is 18.0 Å². The molecule has 0 aliphatic carbocycles. The van der Waals surface area contributed by atoms with Gasteiger partial charge in [0.2, 0.25) is 0 Å². The lowest BCUT2D eigenvalue weighted by Gasteiger charge is -2.38. The maximum atomic E-state index is 13.3. The van der Waals surface area contributed by atoms with Gasteiger partial charge in [0, 0.05) is 26.1 Å². The zero-order valence-corrected chi connectivity index (χ0v) is 18.3. The summed E-state index contributed by atoms with van der Waals surface area (Å²) >= 11 is 0. The third-order valence-electron chi connectivity index (χ3n) is 6.08. The van der Waals surface area contributed by atoms with E-state index in [0.717, 1.165) is 23.1 Å². The fourth-order valence-corrected chi connectivity index (χ4v) is 4.22. The normalized spacial score (nSPS) is 16.2. The summed E-state index contributed by atoms with van der Waals surface area (Å²) in [5, 5.41) is 19.5. The molecule has 0 spiro atoms. The van der Waals surface area contributed by atoms with Crippen molar-refractivity contribution < 1.29 is 24.6 Å². The number of amides is 2. The van der Waals surface area contributed by atoms with Gasteiger partial charge in [-0.2, -0.15) is 0 Å². The molecule has 2 amide bonds. The predicted molar refractivity (Wildman–Crippen MR) is 120 cm³/mol. The van der Waals surface area contributed by atoms with Crippen LogP contribution in [0.4, 0.5) is 4.79 Å². The summed E-state index contributed by atoms with van der Waals surface area (Å²) in [7, 11) is 0. The first kappa shape index (κ1) is 23.3. The highest BCUT2D eigenvalue weighted by Crippen LogP contribution is 2.25. The second-order valence-electron chi connectivity index (χ2n) is 8.19. The van der Waals surface area contributed by atoms with E-state index in [-0.39, 0.29) is 19.5 Å². The molecule has 3 rings (SSSR count). The Hall–Kier alpha value is -3.35. The summed E-state index contributed by atoms with van der Waals surface area (Å²) in [6.45, 7) is 2.36. The van der Waals surface area contributed by atoms with E-state index in [0.29, 0.717) is 19.4 Å². The van der Waals surface area contributed by atoms with Crippen LogP contribution in [0.5, 0.6) is 0 Å². The van der Waals surface area contributed by atoms with Crippen LogP contribution in [0.3, 0.4) is 0 Å². The second-order valence-corrected chi connectivity index (χ2v) is 8.19. The van der Waals surface area contributed by atoms with E-state index in [9.17, 15) is 24.6 Å². The highest BCUT2D eigenvalue weighted by Gasteiger charge is 2.37. The van der Waals surface area contributed by atoms with Gasteiger partial charge < -0.3 is 20.0 Å². The number of hydrogen-bond acceptors (Lipinski definition) is 3. The van der Waals surface area contributed by atoms with Gasteiger partial charge in [-0.3, -0.25) is 4.79 Å². The van der Waals surface area contributed by atoms with Crippen LogP contribution >= 0.6 is 0 Å². The predicted octanol–water partition coefficient (Wildman–Crippen LogP) is 3.66. The highest BCUT2D eigenvalue weighted by atomic mass is 16.4. The van der Waals surface area contributed by atoms with E-state index < -0.39 is 29.9 Å². The number of aliphatic carboxylic acids is 2. The van der Waals surface area contributed by atoms with Gasteiger partial charge in [-0.15, -0.1) is 0 Å². The summed E-state index contributed by atoms with van der Waals surface area (Å²) < 4.78 is 0. The molecule has 2 N–H and O–H groups in total. The molecular formula is C25H30N2O5. The number of fused-ring (bicyclic) bond motifs is 1. The summed E-state index contributed by atoms with van der Waals surface area (Å²) in [4.78, 5) is 39.9. The Morgan fingerprint density at radius 2 is 1.69 bits per heavy atom. The van der Waals surface area contributed by atoms with E-state index in [2.05, 4.69) is 0 Å². The fourth-order valence-electron chi connectivity index (χ4n) is 4.22. The summed E-state index contributed by atoms with van der Waals surface area (Å²) in [6.07, 6.45) is 2.16. The quantitative estimate of drug-likeness (QED) is 0.623. The molecule has 170 valence electrons. The van der Waals surface area contributed by atoms with Crippen molar-refractivity contribution in [2.75, 3.05) is 13.1 Å².